The van der Waals surface area contributed by atoms with E-state index in [1.54, 1.807) is 12.4 Å². The van der Waals surface area contributed by atoms with Gasteiger partial charge in [-0.1, -0.05) is 5.16 Å². The second-order valence-electron chi connectivity index (χ2n) is 4.86. The van der Waals surface area contributed by atoms with Crippen molar-refractivity contribution in [1.29, 1.82) is 0 Å². The quantitative estimate of drug-likeness (QED) is 0.380. The maximum Gasteiger partial charge on any atom is 0.172 e. The molecule has 0 spiro atoms. The first-order valence-electron chi connectivity index (χ1n) is 6.53. The Labute approximate surface area is 115 Å². The Bertz CT molecular complexity index is 678. The zero-order valence-corrected chi connectivity index (χ0v) is 10.9. The smallest absolute Gasteiger partial charge is 0.172 e. The molecule has 1 aliphatic rings. The first-order chi connectivity index (χ1) is 9.70. The van der Waals surface area contributed by atoms with Crippen LogP contribution in [0, 0.1) is 5.82 Å². The summed E-state index contributed by atoms with van der Waals surface area (Å²) in [4.78, 5) is 4.41. The van der Waals surface area contributed by atoms with E-state index in [4.69, 9.17) is 10.9 Å². The number of nitrogens with zero attached hydrogens (tertiary/aromatic N) is 3. The normalized spacial score (nSPS) is 15.2. The van der Waals surface area contributed by atoms with Crippen molar-refractivity contribution in [3.63, 3.8) is 0 Å². The fourth-order valence-electron chi connectivity index (χ4n) is 2.65. The van der Waals surface area contributed by atoms with Gasteiger partial charge in [0.05, 0.1) is 17.7 Å². The van der Waals surface area contributed by atoms with Gasteiger partial charge in [-0.05, 0) is 43.9 Å². The topological polar surface area (TPSA) is 76.4 Å². The summed E-state index contributed by atoms with van der Waals surface area (Å²) >= 11 is 0. The number of aryl methyl sites for hydroxylation is 1. The molecule has 0 saturated heterocycles. The third kappa shape index (κ3) is 2.03. The molecule has 0 bridgehead atoms. The van der Waals surface area contributed by atoms with Crippen molar-refractivity contribution in [2.45, 2.75) is 25.7 Å². The molecule has 0 unspecified atom stereocenters. The minimum Gasteiger partial charge on any atom is -0.409 e. The van der Waals surface area contributed by atoms with E-state index in [1.165, 1.54) is 12.1 Å². The molecule has 1 aliphatic carbocycles. The van der Waals surface area contributed by atoms with Gasteiger partial charge in [0, 0.05) is 11.3 Å². The lowest BCUT2D eigenvalue weighted by atomic mass is 10.0. The van der Waals surface area contributed by atoms with Crippen LogP contribution in [-0.2, 0) is 12.8 Å². The summed E-state index contributed by atoms with van der Waals surface area (Å²) in [6, 6.07) is 4.25. The molecule has 0 fully saturated rings. The molecule has 2 aromatic rings. The standard InChI is InChI=1S/C14H15FN4O/c15-9-5-6-12(10(7-9)14(16)18-20)19-8-17-11-3-1-2-4-13(11)19/h5-8,20H,1-4H2,(H2,16,18). The molecule has 1 aromatic carbocycles. The maximum atomic E-state index is 13.4. The van der Waals surface area contributed by atoms with Crippen molar-refractivity contribution < 1.29 is 9.60 Å². The molecule has 6 heteroatoms. The van der Waals surface area contributed by atoms with Gasteiger partial charge in [0.25, 0.3) is 0 Å². The molecule has 0 radical (unpaired) electrons. The number of halogens is 1. The molecular formula is C14H15FN4O. The minimum absolute atomic E-state index is 0.113. The van der Waals surface area contributed by atoms with Gasteiger partial charge in [-0.15, -0.1) is 0 Å². The highest BCUT2D eigenvalue weighted by atomic mass is 19.1. The van der Waals surface area contributed by atoms with Gasteiger partial charge in [-0.2, -0.15) is 0 Å². The maximum absolute atomic E-state index is 13.4. The predicted octanol–water partition coefficient (Wildman–Crippen LogP) is 1.98. The number of oxime groups is 1. The number of nitrogens with two attached hydrogens (primary N) is 1. The van der Waals surface area contributed by atoms with Crippen LogP contribution in [0.5, 0.6) is 0 Å². The first kappa shape index (κ1) is 12.7. The average molecular weight is 274 g/mol. The van der Waals surface area contributed by atoms with E-state index in [0.29, 0.717) is 11.3 Å². The van der Waals surface area contributed by atoms with Gasteiger partial charge in [0.2, 0.25) is 0 Å². The molecule has 0 saturated carbocycles. The Balaban J connectivity index is 2.17. The fraction of sp³-hybridized carbons (Fsp3) is 0.286. The van der Waals surface area contributed by atoms with Crippen molar-refractivity contribution in [3.8, 4) is 5.69 Å². The summed E-state index contributed by atoms with van der Waals surface area (Å²) < 4.78 is 15.3. The number of aromatic nitrogens is 2. The number of fused-ring (bicyclic) bond motifs is 1. The first-order valence-corrected chi connectivity index (χ1v) is 6.53. The van der Waals surface area contributed by atoms with Crippen LogP contribution in [0.15, 0.2) is 29.7 Å². The van der Waals surface area contributed by atoms with Crippen molar-refractivity contribution in [1.82, 2.24) is 9.55 Å². The molecule has 1 heterocycles. The van der Waals surface area contributed by atoms with Gasteiger partial charge in [0.1, 0.15) is 5.82 Å². The van der Waals surface area contributed by atoms with Crippen LogP contribution in [0.1, 0.15) is 29.8 Å². The van der Waals surface area contributed by atoms with Crippen molar-refractivity contribution in [2.75, 3.05) is 0 Å². The van der Waals surface area contributed by atoms with Crippen molar-refractivity contribution in [3.05, 3.63) is 47.3 Å². The van der Waals surface area contributed by atoms with Crippen LogP contribution >= 0.6 is 0 Å². The number of hydrogen-bond acceptors (Lipinski definition) is 3. The highest BCUT2D eigenvalue weighted by molar-refractivity contribution is 6.00. The molecular weight excluding hydrogens is 259 g/mol. The van der Waals surface area contributed by atoms with Crippen LogP contribution < -0.4 is 5.73 Å². The number of amidine groups is 1. The number of rotatable bonds is 2. The van der Waals surface area contributed by atoms with Crippen LogP contribution in [-0.4, -0.2) is 20.6 Å². The van der Waals surface area contributed by atoms with Gasteiger partial charge < -0.3 is 15.5 Å². The Hall–Kier alpha value is -2.37. The lowest BCUT2D eigenvalue weighted by Crippen LogP contribution is -2.17. The Morgan fingerprint density at radius 3 is 2.95 bits per heavy atom. The molecule has 20 heavy (non-hydrogen) atoms. The van der Waals surface area contributed by atoms with E-state index in [0.717, 1.165) is 37.1 Å². The highest BCUT2D eigenvalue weighted by Gasteiger charge is 2.19. The fourth-order valence-corrected chi connectivity index (χ4v) is 2.65. The molecule has 5 nitrogen and oxygen atoms in total. The lowest BCUT2D eigenvalue weighted by Gasteiger charge is -2.16. The largest absolute Gasteiger partial charge is 0.409 e. The molecule has 3 N–H and O–H groups in total. The minimum atomic E-state index is -0.427. The summed E-state index contributed by atoms with van der Waals surface area (Å²) in [6.45, 7) is 0. The summed E-state index contributed by atoms with van der Waals surface area (Å²) in [7, 11) is 0. The summed E-state index contributed by atoms with van der Waals surface area (Å²) in [5.41, 5.74) is 8.88. The summed E-state index contributed by atoms with van der Waals surface area (Å²) in [5.74, 6) is -0.540. The van der Waals surface area contributed by atoms with E-state index in [9.17, 15) is 4.39 Å². The third-order valence-corrected chi connectivity index (χ3v) is 3.63. The molecule has 0 atom stereocenters. The van der Waals surface area contributed by atoms with Crippen LogP contribution in [0.4, 0.5) is 4.39 Å². The van der Waals surface area contributed by atoms with Crippen molar-refractivity contribution >= 4 is 5.84 Å². The van der Waals surface area contributed by atoms with E-state index in [-0.39, 0.29) is 5.84 Å². The number of hydrogen-bond donors (Lipinski definition) is 2. The van der Waals surface area contributed by atoms with Gasteiger partial charge >= 0.3 is 0 Å². The molecule has 3 rings (SSSR count). The predicted molar refractivity (Wildman–Crippen MR) is 72.7 cm³/mol. The average Bonchev–Trinajstić information content (AvgIpc) is 2.90. The summed E-state index contributed by atoms with van der Waals surface area (Å²) in [5, 5.41) is 11.8. The molecule has 0 aliphatic heterocycles. The third-order valence-electron chi connectivity index (χ3n) is 3.63. The van der Waals surface area contributed by atoms with E-state index < -0.39 is 5.82 Å². The Kier molecular flexibility index (Phi) is 3.14. The Morgan fingerprint density at radius 1 is 1.35 bits per heavy atom. The van der Waals surface area contributed by atoms with Gasteiger partial charge in [0.15, 0.2) is 5.84 Å². The van der Waals surface area contributed by atoms with Gasteiger partial charge in [-0.25, -0.2) is 9.37 Å². The molecule has 0 amide bonds. The Morgan fingerprint density at radius 2 is 2.15 bits per heavy atom. The van der Waals surface area contributed by atoms with E-state index in [1.807, 2.05) is 4.57 Å². The lowest BCUT2D eigenvalue weighted by molar-refractivity contribution is 0.318. The van der Waals surface area contributed by atoms with Crippen LogP contribution in [0.25, 0.3) is 5.69 Å². The van der Waals surface area contributed by atoms with Gasteiger partial charge in [-0.3, -0.25) is 0 Å². The van der Waals surface area contributed by atoms with Crippen LogP contribution in [0.3, 0.4) is 0 Å². The molecule has 104 valence electrons. The zero-order chi connectivity index (χ0) is 14.1. The monoisotopic (exact) mass is 274 g/mol. The van der Waals surface area contributed by atoms with E-state index >= 15 is 0 Å². The zero-order valence-electron chi connectivity index (χ0n) is 10.9. The second kappa shape index (κ2) is 4.96. The number of benzene rings is 1. The molecule has 1 aromatic heterocycles. The van der Waals surface area contributed by atoms with E-state index in [2.05, 4.69) is 10.1 Å². The highest BCUT2D eigenvalue weighted by Crippen LogP contribution is 2.25. The van der Waals surface area contributed by atoms with Crippen molar-refractivity contribution in [2.24, 2.45) is 10.9 Å². The second-order valence-corrected chi connectivity index (χ2v) is 4.86. The van der Waals surface area contributed by atoms with Crippen LogP contribution in [0.2, 0.25) is 0 Å². The SMILES string of the molecule is N/C(=N/O)c1cc(F)ccc1-n1cnc2c1CCCC2. The number of imidazole rings is 1. The summed E-state index contributed by atoms with van der Waals surface area (Å²) in [6.07, 6.45) is 5.86.